The Morgan fingerprint density at radius 2 is 1.92 bits per heavy atom. The van der Waals surface area contributed by atoms with Crippen LogP contribution >= 0.6 is 30.9 Å². The van der Waals surface area contributed by atoms with E-state index in [9.17, 15) is 14.6 Å². The van der Waals surface area contributed by atoms with Gasteiger partial charge in [-0.25, -0.2) is 9.79 Å². The molecule has 2 rings (SSSR count). The zero-order valence-electron chi connectivity index (χ0n) is 14.5. The fourth-order valence-electron chi connectivity index (χ4n) is 3.35. The number of benzene rings is 1. The maximum absolute atomic E-state index is 12.2. The van der Waals surface area contributed by atoms with Crippen LogP contribution in [0.2, 0.25) is 10.0 Å². The van der Waals surface area contributed by atoms with Crippen LogP contribution in [-0.4, -0.2) is 34.4 Å². The standard InChI is InChI=1S/C18H27Cl2NO3P/c1-13(15-7-8-17(19)18(20)9-15)21-10-16(22)12-25(23,24)11-14-5-3-2-4-6-14/h7-9,13-14,21,23-24H,2-6,10-12H2,1H3/q+1/t13-/m0/s1. The first kappa shape index (κ1) is 21.1. The Morgan fingerprint density at radius 3 is 2.56 bits per heavy atom. The van der Waals surface area contributed by atoms with E-state index < -0.39 is 7.72 Å². The highest BCUT2D eigenvalue weighted by Crippen LogP contribution is 2.53. The summed E-state index contributed by atoms with van der Waals surface area (Å²) < 4.78 is 0. The van der Waals surface area contributed by atoms with Gasteiger partial charge in [-0.05, 0) is 43.4 Å². The Labute approximate surface area is 160 Å². The maximum Gasteiger partial charge on any atom is 0.275 e. The average molecular weight is 407 g/mol. The third-order valence-electron chi connectivity index (χ3n) is 4.75. The third kappa shape index (κ3) is 7.13. The average Bonchev–Trinajstić information content (AvgIpc) is 2.55. The molecule has 25 heavy (non-hydrogen) atoms. The molecule has 4 nitrogen and oxygen atoms in total. The summed E-state index contributed by atoms with van der Waals surface area (Å²) in [4.78, 5) is 32.7. The first-order valence-corrected chi connectivity index (χ1v) is 11.6. The Bertz CT molecular complexity index is 592. The van der Waals surface area contributed by atoms with Crippen molar-refractivity contribution in [3.05, 3.63) is 33.8 Å². The normalized spacial score (nSPS) is 17.5. The predicted molar refractivity (Wildman–Crippen MR) is 106 cm³/mol. The van der Waals surface area contributed by atoms with Crippen LogP contribution in [0.15, 0.2) is 18.2 Å². The molecule has 3 N–H and O–H groups in total. The molecule has 0 aliphatic heterocycles. The second-order valence-electron chi connectivity index (χ2n) is 7.04. The molecule has 140 valence electrons. The van der Waals surface area contributed by atoms with Crippen molar-refractivity contribution in [3.8, 4) is 0 Å². The van der Waals surface area contributed by atoms with Crippen molar-refractivity contribution in [1.29, 1.82) is 0 Å². The number of carbonyl (C=O) groups is 1. The Kier molecular flexibility index (Phi) is 8.13. The van der Waals surface area contributed by atoms with Gasteiger partial charge in [-0.15, -0.1) is 0 Å². The van der Waals surface area contributed by atoms with Crippen molar-refractivity contribution < 1.29 is 14.6 Å². The van der Waals surface area contributed by atoms with Gasteiger partial charge in [-0.2, -0.15) is 0 Å². The molecule has 1 aromatic carbocycles. The topological polar surface area (TPSA) is 69.6 Å². The van der Waals surface area contributed by atoms with Crippen molar-refractivity contribution in [2.45, 2.75) is 45.1 Å². The van der Waals surface area contributed by atoms with Gasteiger partial charge in [0.1, 0.15) is 6.16 Å². The van der Waals surface area contributed by atoms with Crippen molar-refractivity contribution in [2.24, 2.45) is 5.92 Å². The molecule has 0 bridgehead atoms. The maximum atomic E-state index is 12.2. The third-order valence-corrected chi connectivity index (χ3v) is 7.45. The van der Waals surface area contributed by atoms with Crippen LogP contribution in [0.25, 0.3) is 0 Å². The second-order valence-corrected chi connectivity index (χ2v) is 10.3. The van der Waals surface area contributed by atoms with E-state index in [1.54, 1.807) is 12.1 Å². The lowest BCUT2D eigenvalue weighted by atomic mass is 9.91. The van der Waals surface area contributed by atoms with Gasteiger partial charge in [0.2, 0.25) is 0 Å². The van der Waals surface area contributed by atoms with Crippen molar-refractivity contribution in [1.82, 2.24) is 5.32 Å². The molecule has 7 heteroatoms. The van der Waals surface area contributed by atoms with Crippen LogP contribution in [0.3, 0.4) is 0 Å². The molecule has 1 aliphatic carbocycles. The van der Waals surface area contributed by atoms with Gasteiger partial charge >= 0.3 is 0 Å². The van der Waals surface area contributed by atoms with Gasteiger partial charge in [-0.1, -0.05) is 48.5 Å². The van der Waals surface area contributed by atoms with E-state index in [0.717, 1.165) is 31.2 Å². The molecule has 1 aromatic rings. The predicted octanol–water partition coefficient (Wildman–Crippen LogP) is 4.63. The van der Waals surface area contributed by atoms with E-state index in [-0.39, 0.29) is 24.5 Å². The number of hydrogen-bond acceptors (Lipinski definition) is 4. The fourth-order valence-corrected chi connectivity index (χ4v) is 5.66. The highest BCUT2D eigenvalue weighted by atomic mass is 35.5. The van der Waals surface area contributed by atoms with Gasteiger partial charge in [0.25, 0.3) is 7.72 Å². The summed E-state index contributed by atoms with van der Waals surface area (Å²) in [5.41, 5.74) is 0.929. The Morgan fingerprint density at radius 1 is 1.24 bits per heavy atom. The number of nitrogens with one attached hydrogen (secondary N) is 1. The lowest BCUT2D eigenvalue weighted by molar-refractivity contribution is -0.116. The van der Waals surface area contributed by atoms with Crippen LogP contribution in [-0.2, 0) is 4.79 Å². The quantitative estimate of drug-likeness (QED) is 0.550. The van der Waals surface area contributed by atoms with Crippen LogP contribution in [0.5, 0.6) is 0 Å². The van der Waals surface area contributed by atoms with Gasteiger partial charge in [-0.3, -0.25) is 4.79 Å². The fraction of sp³-hybridized carbons (Fsp3) is 0.611. The number of carbonyl (C=O) groups excluding carboxylic acids is 1. The molecule has 0 aromatic heterocycles. The minimum atomic E-state index is -3.14. The Balaban J connectivity index is 1.79. The molecule has 0 heterocycles. The van der Waals surface area contributed by atoms with E-state index in [2.05, 4.69) is 5.32 Å². The lowest BCUT2D eigenvalue weighted by Gasteiger charge is -2.23. The van der Waals surface area contributed by atoms with E-state index in [4.69, 9.17) is 23.2 Å². The molecule has 1 aliphatic rings. The minimum absolute atomic E-state index is 0.0813. The summed E-state index contributed by atoms with van der Waals surface area (Å²) in [6, 6.07) is 5.27. The molecular formula is C18H27Cl2NO3P+. The smallest absolute Gasteiger partial charge is 0.275 e. The molecule has 1 saturated carbocycles. The van der Waals surface area contributed by atoms with Crippen LogP contribution in [0.1, 0.15) is 50.6 Å². The molecule has 0 amide bonds. The summed E-state index contributed by atoms with van der Waals surface area (Å²) in [6.07, 6.45) is 5.88. The zero-order chi connectivity index (χ0) is 18.4. The minimum Gasteiger partial charge on any atom is -0.303 e. The lowest BCUT2D eigenvalue weighted by Crippen LogP contribution is -2.29. The summed E-state index contributed by atoms with van der Waals surface area (Å²) in [5, 5.41) is 4.08. The molecule has 0 spiro atoms. The van der Waals surface area contributed by atoms with Crippen LogP contribution in [0.4, 0.5) is 0 Å². The molecule has 0 radical (unpaired) electrons. The molecule has 0 saturated heterocycles. The second kappa shape index (κ2) is 9.64. The summed E-state index contributed by atoms with van der Waals surface area (Å²) in [5.74, 6) is 0.189. The van der Waals surface area contributed by atoms with E-state index in [1.807, 2.05) is 13.0 Å². The van der Waals surface area contributed by atoms with Crippen LogP contribution < -0.4 is 5.32 Å². The van der Waals surface area contributed by atoms with Crippen molar-refractivity contribution >= 4 is 36.7 Å². The van der Waals surface area contributed by atoms with Gasteiger partial charge in [0.15, 0.2) is 11.9 Å². The largest absolute Gasteiger partial charge is 0.303 e. The molecular weight excluding hydrogens is 380 g/mol. The SMILES string of the molecule is C[C@H](NCC(=O)C[P+](O)(O)CC1CCCCC1)c1ccc(Cl)c(Cl)c1. The number of hydrogen-bond donors (Lipinski definition) is 3. The molecule has 1 fully saturated rings. The van der Waals surface area contributed by atoms with Crippen LogP contribution in [0, 0.1) is 5.92 Å². The van der Waals surface area contributed by atoms with Crippen molar-refractivity contribution in [2.75, 3.05) is 18.9 Å². The van der Waals surface area contributed by atoms with Gasteiger partial charge in [0, 0.05) is 6.04 Å². The molecule has 1 atom stereocenters. The van der Waals surface area contributed by atoms with Gasteiger partial charge in [0.05, 0.1) is 16.6 Å². The monoisotopic (exact) mass is 406 g/mol. The Hall–Kier alpha value is -0.220. The summed E-state index contributed by atoms with van der Waals surface area (Å²) in [6.45, 7) is 2.03. The summed E-state index contributed by atoms with van der Waals surface area (Å²) in [7, 11) is -3.14. The number of ketones is 1. The van der Waals surface area contributed by atoms with E-state index in [0.29, 0.717) is 22.1 Å². The molecule has 0 unspecified atom stereocenters. The van der Waals surface area contributed by atoms with E-state index >= 15 is 0 Å². The first-order chi connectivity index (χ1) is 11.8. The zero-order valence-corrected chi connectivity index (χ0v) is 17.0. The number of halogens is 2. The highest BCUT2D eigenvalue weighted by molar-refractivity contribution is 7.65. The number of Topliss-reactive ketones (excluding diaryl/α,β-unsaturated/α-hetero) is 1. The first-order valence-electron chi connectivity index (χ1n) is 8.79. The van der Waals surface area contributed by atoms with E-state index in [1.165, 1.54) is 6.42 Å². The van der Waals surface area contributed by atoms with Gasteiger partial charge < -0.3 is 5.32 Å². The number of rotatable bonds is 8. The highest BCUT2D eigenvalue weighted by Gasteiger charge is 2.39. The summed E-state index contributed by atoms with van der Waals surface area (Å²) >= 11 is 11.9. The van der Waals surface area contributed by atoms with Crippen molar-refractivity contribution in [3.63, 3.8) is 0 Å².